The Balaban J connectivity index is 1.60. The third kappa shape index (κ3) is 4.52. The van der Waals surface area contributed by atoms with Gasteiger partial charge in [0.25, 0.3) is 5.91 Å². The Morgan fingerprint density at radius 2 is 1.61 bits per heavy atom. The molecule has 0 aliphatic carbocycles. The van der Waals surface area contributed by atoms with Gasteiger partial charge in [-0.15, -0.1) is 0 Å². The number of benzene rings is 1. The zero-order chi connectivity index (χ0) is 20.5. The van der Waals surface area contributed by atoms with Gasteiger partial charge < -0.3 is 9.80 Å². The van der Waals surface area contributed by atoms with Crippen molar-refractivity contribution in [3.8, 4) is 0 Å². The number of carbonyl (C=O) groups is 1. The van der Waals surface area contributed by atoms with E-state index in [1.807, 2.05) is 0 Å². The first-order chi connectivity index (χ1) is 13.2. The fraction of sp³-hybridized carbons (Fsp3) is 0.632. The molecule has 3 atom stereocenters. The van der Waals surface area contributed by atoms with Crippen molar-refractivity contribution in [2.45, 2.75) is 25.2 Å². The van der Waals surface area contributed by atoms with Crippen LogP contribution in [0.15, 0.2) is 23.1 Å². The lowest BCUT2D eigenvalue weighted by Crippen LogP contribution is -3.15. The van der Waals surface area contributed by atoms with E-state index in [0.29, 0.717) is 18.4 Å². The standard InChI is InChI=1S/C19H27F2N3O3S/c1-14-10-15(2)12-22(11-14)13-18(25)23-6-8-24(9-7-23)28(26,27)19-16(20)4-3-5-17(19)21/h3-5,14-15H,6-13H2,1-2H3/p+1/t14-,15+. The van der Waals surface area contributed by atoms with Gasteiger partial charge in [0, 0.05) is 38.0 Å². The van der Waals surface area contributed by atoms with Crippen LogP contribution >= 0.6 is 0 Å². The molecule has 28 heavy (non-hydrogen) atoms. The summed E-state index contributed by atoms with van der Waals surface area (Å²) >= 11 is 0. The van der Waals surface area contributed by atoms with Crippen molar-refractivity contribution in [1.29, 1.82) is 0 Å². The second kappa shape index (κ2) is 8.42. The number of sulfonamides is 1. The number of hydrogen-bond acceptors (Lipinski definition) is 3. The predicted octanol–water partition coefficient (Wildman–Crippen LogP) is 0.359. The van der Waals surface area contributed by atoms with Crippen molar-refractivity contribution in [1.82, 2.24) is 9.21 Å². The van der Waals surface area contributed by atoms with Crippen LogP contribution in [0.5, 0.6) is 0 Å². The average molecular weight is 417 g/mol. The van der Waals surface area contributed by atoms with Crippen molar-refractivity contribution in [3.05, 3.63) is 29.8 Å². The van der Waals surface area contributed by atoms with Gasteiger partial charge in [0.1, 0.15) is 11.6 Å². The maximum absolute atomic E-state index is 13.9. The molecule has 6 nitrogen and oxygen atoms in total. The molecule has 0 aromatic heterocycles. The quantitative estimate of drug-likeness (QED) is 0.771. The summed E-state index contributed by atoms with van der Waals surface area (Å²) < 4.78 is 54.2. The van der Waals surface area contributed by atoms with Gasteiger partial charge in [-0.25, -0.2) is 17.2 Å². The highest BCUT2D eigenvalue weighted by Gasteiger charge is 2.35. The minimum Gasteiger partial charge on any atom is -0.335 e. The first-order valence-corrected chi connectivity index (χ1v) is 11.2. The Morgan fingerprint density at radius 3 is 2.14 bits per heavy atom. The average Bonchev–Trinajstić information content (AvgIpc) is 2.60. The highest BCUT2D eigenvalue weighted by atomic mass is 32.2. The molecule has 2 fully saturated rings. The second-order valence-corrected chi connectivity index (χ2v) is 9.99. The molecule has 0 spiro atoms. The molecule has 0 radical (unpaired) electrons. The Kier molecular flexibility index (Phi) is 6.36. The van der Waals surface area contributed by atoms with Gasteiger partial charge in [-0.05, 0) is 18.6 Å². The summed E-state index contributed by atoms with van der Waals surface area (Å²) in [6.45, 7) is 7.27. The Bertz CT molecular complexity index is 795. The fourth-order valence-electron chi connectivity index (χ4n) is 4.43. The first kappa shape index (κ1) is 21.1. The number of quaternary nitrogens is 1. The third-order valence-electron chi connectivity index (χ3n) is 5.59. The molecule has 0 saturated carbocycles. The van der Waals surface area contributed by atoms with Gasteiger partial charge in [0.2, 0.25) is 10.0 Å². The van der Waals surface area contributed by atoms with Crippen LogP contribution < -0.4 is 4.90 Å². The van der Waals surface area contributed by atoms with Crippen LogP contribution in [0.3, 0.4) is 0 Å². The molecule has 1 aromatic rings. The molecule has 0 bridgehead atoms. The molecule has 1 N–H and O–H groups in total. The van der Waals surface area contributed by atoms with E-state index >= 15 is 0 Å². The fourth-order valence-corrected chi connectivity index (χ4v) is 5.96. The van der Waals surface area contributed by atoms with E-state index < -0.39 is 26.6 Å². The SMILES string of the molecule is C[C@@H]1C[C@H](C)C[NH+](CC(=O)N2CCN(S(=O)(=O)c3c(F)cccc3F)CC2)C1. The molecule has 1 aromatic carbocycles. The van der Waals surface area contributed by atoms with E-state index in [9.17, 15) is 22.0 Å². The molecule has 2 aliphatic heterocycles. The van der Waals surface area contributed by atoms with Crippen LogP contribution in [0.25, 0.3) is 0 Å². The van der Waals surface area contributed by atoms with Gasteiger partial charge in [-0.2, -0.15) is 4.31 Å². The molecule has 1 amide bonds. The number of rotatable bonds is 4. The van der Waals surface area contributed by atoms with E-state index in [1.165, 1.54) is 11.3 Å². The monoisotopic (exact) mass is 416 g/mol. The van der Waals surface area contributed by atoms with Gasteiger partial charge in [-0.3, -0.25) is 4.79 Å². The van der Waals surface area contributed by atoms with Crippen LogP contribution in [0.1, 0.15) is 20.3 Å². The van der Waals surface area contributed by atoms with Crippen molar-refractivity contribution in [2.75, 3.05) is 45.8 Å². The van der Waals surface area contributed by atoms with Crippen LogP contribution in [0.4, 0.5) is 8.78 Å². The molecule has 2 aliphatic rings. The lowest BCUT2D eigenvalue weighted by Gasteiger charge is -2.36. The number of hydrogen-bond donors (Lipinski definition) is 1. The molecular formula is C19H28F2N3O3S+. The minimum absolute atomic E-state index is 0.00502. The summed E-state index contributed by atoms with van der Waals surface area (Å²) in [6.07, 6.45) is 1.18. The largest absolute Gasteiger partial charge is 0.335 e. The summed E-state index contributed by atoms with van der Waals surface area (Å²) in [4.78, 5) is 14.6. The third-order valence-corrected chi connectivity index (χ3v) is 7.54. The van der Waals surface area contributed by atoms with Crippen LogP contribution in [-0.4, -0.2) is 69.3 Å². The van der Waals surface area contributed by atoms with E-state index in [4.69, 9.17) is 0 Å². The second-order valence-electron chi connectivity index (χ2n) is 8.12. The maximum atomic E-state index is 13.9. The molecular weight excluding hydrogens is 388 g/mol. The maximum Gasteiger partial charge on any atom is 0.277 e. The first-order valence-electron chi connectivity index (χ1n) is 9.74. The number of likely N-dealkylation sites (tertiary alicyclic amines) is 1. The molecule has 156 valence electrons. The van der Waals surface area contributed by atoms with Crippen molar-refractivity contribution >= 4 is 15.9 Å². The number of amides is 1. The number of piperazine rings is 1. The van der Waals surface area contributed by atoms with Gasteiger partial charge in [0.15, 0.2) is 11.4 Å². The highest BCUT2D eigenvalue weighted by Crippen LogP contribution is 2.23. The predicted molar refractivity (Wildman–Crippen MR) is 100 cm³/mol. The molecule has 2 heterocycles. The van der Waals surface area contributed by atoms with Gasteiger partial charge in [0.05, 0.1) is 13.1 Å². The summed E-state index contributed by atoms with van der Waals surface area (Å²) in [6, 6.07) is 2.99. The van der Waals surface area contributed by atoms with E-state index in [2.05, 4.69) is 13.8 Å². The number of carbonyl (C=O) groups excluding carboxylic acids is 1. The van der Waals surface area contributed by atoms with E-state index in [0.717, 1.165) is 35.6 Å². The van der Waals surface area contributed by atoms with Crippen molar-refractivity contribution < 1.29 is 26.9 Å². The normalized spacial score (nSPS) is 27.0. The molecule has 9 heteroatoms. The van der Waals surface area contributed by atoms with Crippen LogP contribution in [0.2, 0.25) is 0 Å². The Hall–Kier alpha value is -1.58. The van der Waals surface area contributed by atoms with Crippen molar-refractivity contribution in [2.24, 2.45) is 11.8 Å². The number of nitrogens with one attached hydrogen (secondary N) is 1. The van der Waals surface area contributed by atoms with Crippen LogP contribution in [0, 0.1) is 23.5 Å². The Labute approximate surface area is 165 Å². The summed E-state index contributed by atoms with van der Waals surface area (Å²) in [7, 11) is -4.27. The molecule has 2 saturated heterocycles. The summed E-state index contributed by atoms with van der Waals surface area (Å²) in [5.74, 6) is -1.02. The van der Waals surface area contributed by atoms with E-state index in [1.54, 1.807) is 4.90 Å². The minimum atomic E-state index is -4.27. The van der Waals surface area contributed by atoms with Gasteiger partial charge >= 0.3 is 0 Å². The number of halogens is 2. The lowest BCUT2D eigenvalue weighted by molar-refractivity contribution is -0.904. The molecule has 3 rings (SSSR count). The lowest BCUT2D eigenvalue weighted by atomic mass is 9.92. The number of nitrogens with zero attached hydrogens (tertiary/aromatic N) is 2. The zero-order valence-corrected chi connectivity index (χ0v) is 17.1. The molecule has 1 unspecified atom stereocenters. The smallest absolute Gasteiger partial charge is 0.277 e. The Morgan fingerprint density at radius 1 is 1.07 bits per heavy atom. The highest BCUT2D eigenvalue weighted by molar-refractivity contribution is 7.89. The van der Waals surface area contributed by atoms with Gasteiger partial charge in [-0.1, -0.05) is 19.9 Å². The van der Waals surface area contributed by atoms with E-state index in [-0.39, 0.29) is 32.1 Å². The van der Waals surface area contributed by atoms with Crippen LogP contribution in [-0.2, 0) is 14.8 Å². The zero-order valence-electron chi connectivity index (χ0n) is 16.3. The number of piperidine rings is 1. The topological polar surface area (TPSA) is 62.1 Å². The summed E-state index contributed by atoms with van der Waals surface area (Å²) in [5, 5.41) is 0. The summed E-state index contributed by atoms with van der Waals surface area (Å²) in [5.41, 5.74) is 0. The van der Waals surface area contributed by atoms with Crippen molar-refractivity contribution in [3.63, 3.8) is 0 Å².